The van der Waals surface area contributed by atoms with Crippen LogP contribution < -0.4 is 5.32 Å². The van der Waals surface area contributed by atoms with Crippen molar-refractivity contribution in [3.63, 3.8) is 0 Å². The van der Waals surface area contributed by atoms with E-state index >= 15 is 0 Å². The second-order valence-corrected chi connectivity index (χ2v) is 4.07. The fourth-order valence-electron chi connectivity index (χ4n) is 2.11. The number of carboxylic acid groups (broad SMARTS) is 1. The summed E-state index contributed by atoms with van der Waals surface area (Å²) >= 11 is 0. The summed E-state index contributed by atoms with van der Waals surface area (Å²) in [5.74, 6) is -0.725. The largest absolute Gasteiger partial charge is 0.481 e. The van der Waals surface area contributed by atoms with Crippen LogP contribution in [0.25, 0.3) is 0 Å². The Balaban J connectivity index is 2.67. The van der Waals surface area contributed by atoms with Crippen LogP contribution in [0.1, 0.15) is 19.8 Å². The number of rotatable bonds is 3. The van der Waals surface area contributed by atoms with Gasteiger partial charge in [-0.25, -0.2) is 0 Å². The molecule has 1 aliphatic heterocycles. The van der Waals surface area contributed by atoms with E-state index in [1.807, 2.05) is 14.1 Å². The van der Waals surface area contributed by atoms with Gasteiger partial charge in [-0.15, -0.1) is 0 Å². The summed E-state index contributed by atoms with van der Waals surface area (Å²) in [5.41, 5.74) is -0.222. The van der Waals surface area contributed by atoms with Crippen LogP contribution in [0.3, 0.4) is 0 Å². The highest BCUT2D eigenvalue weighted by Gasteiger charge is 2.40. The Kier molecular flexibility index (Phi) is 2.93. The summed E-state index contributed by atoms with van der Waals surface area (Å²) in [6.45, 7) is 2.94. The third-order valence-electron chi connectivity index (χ3n) is 3.01. The van der Waals surface area contributed by atoms with Crippen LogP contribution in [0, 0.1) is 0 Å². The number of aliphatic carboxylic acids is 1. The van der Waals surface area contributed by atoms with Gasteiger partial charge in [0.2, 0.25) is 0 Å². The minimum Gasteiger partial charge on any atom is -0.481 e. The number of nitrogens with one attached hydrogen (secondary N) is 1. The van der Waals surface area contributed by atoms with Gasteiger partial charge in [0.15, 0.2) is 0 Å². The molecule has 4 heteroatoms. The summed E-state index contributed by atoms with van der Waals surface area (Å²) < 4.78 is 0. The molecule has 0 radical (unpaired) electrons. The molecule has 1 saturated heterocycles. The van der Waals surface area contributed by atoms with E-state index in [-0.39, 0.29) is 12.0 Å². The normalized spacial score (nSPS) is 35.2. The number of carbonyl (C=O) groups is 1. The number of likely N-dealkylation sites (tertiary alicyclic amines) is 1. The fraction of sp³-hybridized carbons (Fsp3) is 0.889. The van der Waals surface area contributed by atoms with Crippen LogP contribution in [0.15, 0.2) is 0 Å². The molecule has 1 fully saturated rings. The Morgan fingerprint density at radius 1 is 1.77 bits per heavy atom. The van der Waals surface area contributed by atoms with Gasteiger partial charge in [-0.2, -0.15) is 0 Å². The smallest absolute Gasteiger partial charge is 0.305 e. The molecule has 2 N–H and O–H groups in total. The van der Waals surface area contributed by atoms with Crippen molar-refractivity contribution in [1.29, 1.82) is 0 Å². The highest BCUT2D eigenvalue weighted by atomic mass is 16.4. The van der Waals surface area contributed by atoms with E-state index < -0.39 is 5.97 Å². The lowest BCUT2D eigenvalue weighted by Crippen LogP contribution is -2.46. The summed E-state index contributed by atoms with van der Waals surface area (Å²) in [5, 5.41) is 11.9. The van der Waals surface area contributed by atoms with Crippen LogP contribution in [-0.4, -0.2) is 48.2 Å². The zero-order chi connectivity index (χ0) is 10.1. The van der Waals surface area contributed by atoms with Crippen LogP contribution in [-0.2, 0) is 4.79 Å². The molecule has 0 aliphatic carbocycles. The summed E-state index contributed by atoms with van der Waals surface area (Å²) in [6.07, 6.45) is 1.12. The molecule has 0 aromatic carbocycles. The van der Waals surface area contributed by atoms with Crippen molar-refractivity contribution in [2.24, 2.45) is 0 Å². The highest BCUT2D eigenvalue weighted by Crippen LogP contribution is 2.28. The van der Waals surface area contributed by atoms with Crippen LogP contribution in [0.2, 0.25) is 0 Å². The van der Waals surface area contributed by atoms with Gasteiger partial charge in [0.05, 0.1) is 6.42 Å². The third-order valence-corrected chi connectivity index (χ3v) is 3.01. The number of nitrogens with zero attached hydrogens (tertiary/aromatic N) is 1. The number of carboxylic acids is 1. The Hall–Kier alpha value is -0.610. The van der Waals surface area contributed by atoms with E-state index in [0.29, 0.717) is 6.04 Å². The molecule has 2 unspecified atom stereocenters. The van der Waals surface area contributed by atoms with Crippen molar-refractivity contribution in [1.82, 2.24) is 10.2 Å². The maximum atomic E-state index is 10.7. The van der Waals surface area contributed by atoms with E-state index in [2.05, 4.69) is 17.1 Å². The van der Waals surface area contributed by atoms with Gasteiger partial charge in [0.25, 0.3) is 0 Å². The standard InChI is InChI=1S/C9H18N2O2/c1-7-4-9(10-2,5-8(12)13)6-11(7)3/h7,10H,4-6H2,1-3H3,(H,12,13). The summed E-state index contributed by atoms with van der Waals surface area (Å²) in [7, 11) is 3.88. The molecule has 4 nitrogen and oxygen atoms in total. The molecule has 0 aromatic heterocycles. The monoisotopic (exact) mass is 186 g/mol. The second-order valence-electron chi connectivity index (χ2n) is 4.07. The lowest BCUT2D eigenvalue weighted by molar-refractivity contribution is -0.138. The van der Waals surface area contributed by atoms with Crippen molar-refractivity contribution in [3.05, 3.63) is 0 Å². The Bertz CT molecular complexity index is 196. The van der Waals surface area contributed by atoms with E-state index in [1.165, 1.54) is 0 Å². The van der Waals surface area contributed by atoms with Crippen molar-refractivity contribution >= 4 is 5.97 Å². The fourth-order valence-corrected chi connectivity index (χ4v) is 2.11. The molecule has 76 valence electrons. The summed E-state index contributed by atoms with van der Waals surface area (Å²) in [4.78, 5) is 12.9. The highest BCUT2D eigenvalue weighted by molar-refractivity contribution is 5.68. The Morgan fingerprint density at radius 2 is 2.38 bits per heavy atom. The van der Waals surface area contributed by atoms with Gasteiger partial charge in [-0.1, -0.05) is 0 Å². The minimum atomic E-state index is -0.725. The zero-order valence-corrected chi connectivity index (χ0v) is 8.50. The number of likely N-dealkylation sites (N-methyl/N-ethyl adjacent to an activating group) is 2. The minimum absolute atomic E-state index is 0.207. The van der Waals surface area contributed by atoms with Gasteiger partial charge in [0.1, 0.15) is 0 Å². The first-order chi connectivity index (χ1) is 5.99. The molecule has 0 aromatic rings. The lowest BCUT2D eigenvalue weighted by atomic mass is 9.92. The van der Waals surface area contributed by atoms with Gasteiger partial charge >= 0.3 is 5.97 Å². The SMILES string of the molecule is CNC1(CC(=O)O)CC(C)N(C)C1. The van der Waals surface area contributed by atoms with Crippen molar-refractivity contribution in [2.75, 3.05) is 20.6 Å². The van der Waals surface area contributed by atoms with E-state index in [9.17, 15) is 4.79 Å². The lowest BCUT2D eigenvalue weighted by Gasteiger charge is -2.26. The average Bonchev–Trinajstić information content (AvgIpc) is 2.27. The molecule has 0 saturated carbocycles. The molecular formula is C9H18N2O2. The topological polar surface area (TPSA) is 52.6 Å². The second kappa shape index (κ2) is 3.64. The van der Waals surface area contributed by atoms with Gasteiger partial charge in [-0.3, -0.25) is 4.79 Å². The quantitative estimate of drug-likeness (QED) is 0.658. The molecular weight excluding hydrogens is 168 g/mol. The molecule has 13 heavy (non-hydrogen) atoms. The molecule has 1 rings (SSSR count). The third kappa shape index (κ3) is 2.19. The maximum Gasteiger partial charge on any atom is 0.305 e. The predicted octanol–water partition coefficient (Wildman–Crippen LogP) is 0.143. The van der Waals surface area contributed by atoms with Gasteiger partial charge in [-0.05, 0) is 27.4 Å². The van der Waals surface area contributed by atoms with Crippen LogP contribution in [0.4, 0.5) is 0 Å². The van der Waals surface area contributed by atoms with E-state index in [1.54, 1.807) is 0 Å². The van der Waals surface area contributed by atoms with Crippen molar-refractivity contribution in [2.45, 2.75) is 31.3 Å². The Morgan fingerprint density at radius 3 is 2.69 bits per heavy atom. The number of hydrogen-bond donors (Lipinski definition) is 2. The first-order valence-corrected chi connectivity index (χ1v) is 4.60. The molecule has 0 bridgehead atoms. The first-order valence-electron chi connectivity index (χ1n) is 4.60. The van der Waals surface area contributed by atoms with Gasteiger partial charge in [0, 0.05) is 18.1 Å². The van der Waals surface area contributed by atoms with Crippen LogP contribution in [0.5, 0.6) is 0 Å². The molecule has 2 atom stereocenters. The average molecular weight is 186 g/mol. The molecule has 0 spiro atoms. The van der Waals surface area contributed by atoms with Crippen molar-refractivity contribution in [3.8, 4) is 0 Å². The zero-order valence-electron chi connectivity index (χ0n) is 8.50. The molecule has 1 heterocycles. The summed E-state index contributed by atoms with van der Waals surface area (Å²) in [6, 6.07) is 0.465. The predicted molar refractivity (Wildman–Crippen MR) is 50.8 cm³/mol. The van der Waals surface area contributed by atoms with Crippen LogP contribution >= 0.6 is 0 Å². The van der Waals surface area contributed by atoms with E-state index in [4.69, 9.17) is 5.11 Å². The van der Waals surface area contributed by atoms with Gasteiger partial charge < -0.3 is 15.3 Å². The molecule has 1 aliphatic rings. The van der Waals surface area contributed by atoms with Crippen molar-refractivity contribution < 1.29 is 9.90 Å². The van der Waals surface area contributed by atoms with E-state index in [0.717, 1.165) is 13.0 Å². The first kappa shape index (κ1) is 10.5. The molecule has 0 amide bonds. The maximum absolute atomic E-state index is 10.7. The Labute approximate surface area is 78.9 Å². The number of hydrogen-bond acceptors (Lipinski definition) is 3.